The van der Waals surface area contributed by atoms with Gasteiger partial charge in [-0.2, -0.15) is 0 Å². The standard InChI is InChI=1S/C21H24N2O/c1-22(2)15-21(24)16-23(19-10-4-3-5-11-19)20-13-12-17-8-6-7-9-18(17)14-20/h3-14,21,24H,15-16H2,1-2H3. The Bertz CT molecular complexity index is 786. The van der Waals surface area contributed by atoms with Gasteiger partial charge in [0.2, 0.25) is 0 Å². The Morgan fingerprint density at radius 2 is 1.42 bits per heavy atom. The van der Waals surface area contributed by atoms with Gasteiger partial charge >= 0.3 is 0 Å². The number of benzene rings is 3. The molecule has 0 saturated carbocycles. The van der Waals surface area contributed by atoms with Crippen LogP contribution in [0.5, 0.6) is 0 Å². The predicted octanol–water partition coefficient (Wildman–Crippen LogP) is 3.90. The van der Waals surface area contributed by atoms with E-state index in [0.29, 0.717) is 13.1 Å². The van der Waals surface area contributed by atoms with Crippen LogP contribution in [0.25, 0.3) is 10.8 Å². The molecule has 1 N–H and O–H groups in total. The SMILES string of the molecule is CN(C)CC(O)CN(c1ccccc1)c1ccc2ccccc2c1. The average Bonchev–Trinajstić information content (AvgIpc) is 2.59. The van der Waals surface area contributed by atoms with E-state index in [1.807, 2.05) is 37.2 Å². The molecule has 3 heteroatoms. The lowest BCUT2D eigenvalue weighted by Crippen LogP contribution is -2.35. The van der Waals surface area contributed by atoms with E-state index >= 15 is 0 Å². The number of anilines is 2. The van der Waals surface area contributed by atoms with Gasteiger partial charge in [0.25, 0.3) is 0 Å². The van der Waals surface area contributed by atoms with Gasteiger partial charge in [-0.05, 0) is 49.1 Å². The van der Waals surface area contributed by atoms with Crippen LogP contribution >= 0.6 is 0 Å². The highest BCUT2D eigenvalue weighted by Gasteiger charge is 2.15. The summed E-state index contributed by atoms with van der Waals surface area (Å²) >= 11 is 0. The van der Waals surface area contributed by atoms with Crippen molar-refractivity contribution in [3.8, 4) is 0 Å². The lowest BCUT2D eigenvalue weighted by molar-refractivity contribution is 0.144. The maximum atomic E-state index is 10.4. The number of aliphatic hydroxyl groups is 1. The summed E-state index contributed by atoms with van der Waals surface area (Å²) in [5.41, 5.74) is 2.18. The summed E-state index contributed by atoms with van der Waals surface area (Å²) in [6.45, 7) is 1.19. The summed E-state index contributed by atoms with van der Waals surface area (Å²) in [7, 11) is 3.96. The van der Waals surface area contributed by atoms with Gasteiger partial charge in [-0.3, -0.25) is 0 Å². The Labute approximate surface area is 143 Å². The van der Waals surface area contributed by atoms with Crippen LogP contribution in [0.15, 0.2) is 72.8 Å². The lowest BCUT2D eigenvalue weighted by atomic mass is 10.1. The number of nitrogens with zero attached hydrogens (tertiary/aromatic N) is 2. The van der Waals surface area contributed by atoms with E-state index in [4.69, 9.17) is 0 Å². The van der Waals surface area contributed by atoms with E-state index in [0.717, 1.165) is 11.4 Å². The van der Waals surface area contributed by atoms with Gasteiger partial charge in [-0.15, -0.1) is 0 Å². The van der Waals surface area contributed by atoms with Gasteiger partial charge in [-0.1, -0.05) is 48.5 Å². The number of aliphatic hydroxyl groups excluding tert-OH is 1. The quantitative estimate of drug-likeness (QED) is 0.746. The van der Waals surface area contributed by atoms with E-state index < -0.39 is 6.10 Å². The number of likely N-dealkylation sites (N-methyl/N-ethyl adjacent to an activating group) is 1. The number of rotatable bonds is 6. The van der Waals surface area contributed by atoms with E-state index in [-0.39, 0.29) is 0 Å². The minimum absolute atomic E-state index is 0.424. The summed E-state index contributed by atoms with van der Waals surface area (Å²) in [5, 5.41) is 12.9. The van der Waals surface area contributed by atoms with Crippen molar-refractivity contribution in [1.29, 1.82) is 0 Å². The third-order valence-electron chi connectivity index (χ3n) is 4.08. The fourth-order valence-electron chi connectivity index (χ4n) is 3.00. The Kier molecular flexibility index (Phi) is 5.14. The number of hydrogen-bond donors (Lipinski definition) is 1. The van der Waals surface area contributed by atoms with Crippen molar-refractivity contribution in [3.63, 3.8) is 0 Å². The van der Waals surface area contributed by atoms with Gasteiger partial charge in [0.15, 0.2) is 0 Å². The van der Waals surface area contributed by atoms with Crippen LogP contribution in [0.2, 0.25) is 0 Å². The summed E-state index contributed by atoms with van der Waals surface area (Å²) in [6.07, 6.45) is -0.424. The Balaban J connectivity index is 1.96. The molecule has 0 amide bonds. The topological polar surface area (TPSA) is 26.7 Å². The third kappa shape index (κ3) is 3.94. The Morgan fingerprint density at radius 3 is 2.12 bits per heavy atom. The van der Waals surface area contributed by atoms with Crippen LogP contribution in [0, 0.1) is 0 Å². The molecule has 3 rings (SSSR count). The number of para-hydroxylation sites is 1. The van der Waals surface area contributed by atoms with E-state index in [2.05, 4.69) is 59.5 Å². The van der Waals surface area contributed by atoms with Crippen molar-refractivity contribution in [1.82, 2.24) is 4.90 Å². The lowest BCUT2D eigenvalue weighted by Gasteiger charge is -2.29. The molecular weight excluding hydrogens is 296 g/mol. The molecule has 0 fully saturated rings. The second-order valence-electron chi connectivity index (χ2n) is 6.39. The summed E-state index contributed by atoms with van der Waals surface area (Å²) in [6, 6.07) is 25.0. The van der Waals surface area contributed by atoms with Crippen LogP contribution in [0.4, 0.5) is 11.4 Å². The van der Waals surface area contributed by atoms with Crippen LogP contribution in [-0.4, -0.2) is 43.3 Å². The molecular formula is C21H24N2O. The summed E-state index contributed by atoms with van der Waals surface area (Å²) < 4.78 is 0. The van der Waals surface area contributed by atoms with E-state index in [1.165, 1.54) is 10.8 Å². The molecule has 0 aliphatic carbocycles. The van der Waals surface area contributed by atoms with Gasteiger partial charge in [-0.25, -0.2) is 0 Å². The maximum absolute atomic E-state index is 10.4. The second kappa shape index (κ2) is 7.47. The van der Waals surface area contributed by atoms with Crippen LogP contribution in [-0.2, 0) is 0 Å². The van der Waals surface area contributed by atoms with Crippen molar-refractivity contribution in [3.05, 3.63) is 72.8 Å². The summed E-state index contributed by atoms with van der Waals surface area (Å²) in [4.78, 5) is 4.19. The highest BCUT2D eigenvalue weighted by Crippen LogP contribution is 2.28. The first kappa shape index (κ1) is 16.5. The minimum Gasteiger partial charge on any atom is -0.390 e. The molecule has 124 valence electrons. The monoisotopic (exact) mass is 320 g/mol. The van der Waals surface area contributed by atoms with Crippen LogP contribution < -0.4 is 4.90 Å². The summed E-state index contributed by atoms with van der Waals surface area (Å²) in [5.74, 6) is 0. The van der Waals surface area contributed by atoms with E-state index in [9.17, 15) is 5.11 Å². The van der Waals surface area contributed by atoms with Crippen molar-refractivity contribution in [2.45, 2.75) is 6.10 Å². The molecule has 0 bridgehead atoms. The first-order valence-electron chi connectivity index (χ1n) is 8.27. The zero-order chi connectivity index (χ0) is 16.9. The molecule has 0 saturated heterocycles. The fraction of sp³-hybridized carbons (Fsp3) is 0.238. The third-order valence-corrected chi connectivity index (χ3v) is 4.08. The molecule has 0 aliphatic heterocycles. The smallest absolute Gasteiger partial charge is 0.0845 e. The van der Waals surface area contributed by atoms with Crippen molar-refractivity contribution in [2.75, 3.05) is 32.1 Å². The van der Waals surface area contributed by atoms with Gasteiger partial charge in [0.05, 0.1) is 12.6 Å². The molecule has 0 aliphatic rings. The number of hydrogen-bond acceptors (Lipinski definition) is 3. The number of fused-ring (bicyclic) bond motifs is 1. The highest BCUT2D eigenvalue weighted by molar-refractivity contribution is 5.86. The molecule has 1 atom stereocenters. The molecule has 24 heavy (non-hydrogen) atoms. The second-order valence-corrected chi connectivity index (χ2v) is 6.39. The largest absolute Gasteiger partial charge is 0.390 e. The molecule has 3 nitrogen and oxygen atoms in total. The predicted molar refractivity (Wildman–Crippen MR) is 102 cm³/mol. The van der Waals surface area contributed by atoms with Crippen molar-refractivity contribution in [2.24, 2.45) is 0 Å². The first-order valence-corrected chi connectivity index (χ1v) is 8.27. The zero-order valence-corrected chi connectivity index (χ0v) is 14.3. The average molecular weight is 320 g/mol. The molecule has 0 radical (unpaired) electrons. The van der Waals surface area contributed by atoms with E-state index in [1.54, 1.807) is 0 Å². The van der Waals surface area contributed by atoms with Crippen LogP contribution in [0.3, 0.4) is 0 Å². The fourth-order valence-corrected chi connectivity index (χ4v) is 3.00. The van der Waals surface area contributed by atoms with Crippen LogP contribution in [0.1, 0.15) is 0 Å². The highest BCUT2D eigenvalue weighted by atomic mass is 16.3. The Morgan fingerprint density at radius 1 is 0.750 bits per heavy atom. The molecule has 0 spiro atoms. The van der Waals surface area contributed by atoms with Gasteiger partial charge in [0.1, 0.15) is 0 Å². The normalized spacial score (nSPS) is 12.5. The molecule has 3 aromatic carbocycles. The maximum Gasteiger partial charge on any atom is 0.0845 e. The van der Waals surface area contributed by atoms with Gasteiger partial charge < -0.3 is 14.9 Å². The zero-order valence-electron chi connectivity index (χ0n) is 14.3. The molecule has 3 aromatic rings. The van der Waals surface area contributed by atoms with Crippen molar-refractivity contribution < 1.29 is 5.11 Å². The van der Waals surface area contributed by atoms with Gasteiger partial charge in [0, 0.05) is 17.9 Å². The minimum atomic E-state index is -0.424. The first-order chi connectivity index (χ1) is 11.6. The molecule has 1 unspecified atom stereocenters. The molecule has 0 aromatic heterocycles. The molecule has 0 heterocycles. The Hall–Kier alpha value is -2.36. The van der Waals surface area contributed by atoms with Crippen molar-refractivity contribution >= 4 is 22.1 Å².